The molecule has 1 rings (SSSR count). The Morgan fingerprint density at radius 1 is 0.667 bits per heavy atom. The van der Waals surface area contributed by atoms with Gasteiger partial charge in [0.1, 0.15) is 0 Å². The van der Waals surface area contributed by atoms with Gasteiger partial charge in [-0.25, -0.2) is 0 Å². The van der Waals surface area contributed by atoms with Crippen molar-refractivity contribution in [2.24, 2.45) is 0 Å². The van der Waals surface area contributed by atoms with Crippen LogP contribution in [-0.4, -0.2) is 4.75 Å². The summed E-state index contributed by atoms with van der Waals surface area (Å²) in [4.78, 5) is 1.34. The molecule has 0 heterocycles. The third-order valence-electron chi connectivity index (χ3n) is 2.32. The van der Waals surface area contributed by atoms with Crippen LogP contribution < -0.4 is 0 Å². The molecule has 0 fully saturated rings. The van der Waals surface area contributed by atoms with E-state index in [1.165, 1.54) is 10.8 Å². The molecule has 0 nitrogen and oxygen atoms in total. The van der Waals surface area contributed by atoms with Crippen LogP contribution in [0.1, 0.15) is 96.9 Å². The van der Waals surface area contributed by atoms with Crippen molar-refractivity contribution in [1.82, 2.24) is 0 Å². The Bertz CT molecular complexity index is 256. The van der Waals surface area contributed by atoms with Gasteiger partial charge in [0.05, 0.1) is 0 Å². The predicted octanol–water partition coefficient (Wildman–Crippen LogP) is 9.30. The summed E-state index contributed by atoms with van der Waals surface area (Å²) in [5.41, 5.74) is 0. The Labute approximate surface area is 186 Å². The zero-order chi connectivity index (χ0) is 19.9. The average Bonchev–Trinajstić information content (AvgIpc) is 2.64. The van der Waals surface area contributed by atoms with Crippen molar-refractivity contribution < 1.29 is 32.7 Å². The minimum atomic E-state index is 0. The smallest absolute Gasteiger partial charge is 0.00510 e. The fourth-order valence-electron chi connectivity index (χ4n) is 0.885. The van der Waals surface area contributed by atoms with Crippen LogP contribution in [0.3, 0.4) is 0 Å². The van der Waals surface area contributed by atoms with Gasteiger partial charge in [0.25, 0.3) is 0 Å². The summed E-state index contributed by atoms with van der Waals surface area (Å²) >= 11 is 1.92. The molecule has 0 amide bonds. The number of rotatable bonds is 3. The quantitative estimate of drug-likeness (QED) is 0.339. The predicted molar refractivity (Wildman–Crippen MR) is 118 cm³/mol. The van der Waals surface area contributed by atoms with Gasteiger partial charge in [0.2, 0.25) is 0 Å². The molecule has 0 bridgehead atoms. The Morgan fingerprint density at radius 3 is 1.21 bits per heavy atom. The molecule has 0 unspecified atom stereocenters. The normalized spacial score (nSPS) is 7.79. The first-order valence-corrected chi connectivity index (χ1v) is 10.4. The minimum Gasteiger partial charge on any atom is -0.304 e. The summed E-state index contributed by atoms with van der Waals surface area (Å²) in [6, 6.07) is 10.6. The molecule has 0 aliphatic rings. The first-order valence-electron chi connectivity index (χ1n) is 9.57. The monoisotopic (exact) mass is 432 g/mol. The van der Waals surface area contributed by atoms with Crippen molar-refractivity contribution in [3.8, 4) is 0 Å². The molecule has 0 saturated carbocycles. The van der Waals surface area contributed by atoms with E-state index < -0.39 is 0 Å². The van der Waals surface area contributed by atoms with Gasteiger partial charge < -0.3 is 5.92 Å². The van der Waals surface area contributed by atoms with Crippen LogP contribution in [0, 0.1) is 5.92 Å². The Hall–Kier alpha value is 0.674. The van der Waals surface area contributed by atoms with Crippen LogP contribution in [0.15, 0.2) is 35.2 Å². The Morgan fingerprint density at radius 2 is 0.958 bits per heavy atom. The first kappa shape index (κ1) is 39.7. The number of benzene rings is 1. The van der Waals surface area contributed by atoms with Crippen LogP contribution in [-0.2, 0) is 32.7 Å². The molecule has 0 N–H and O–H groups in total. The van der Waals surface area contributed by atoms with Crippen molar-refractivity contribution in [2.45, 2.75) is 107 Å². The second-order valence-electron chi connectivity index (χ2n) is 3.93. The third-order valence-corrected chi connectivity index (χ3v) is 3.75. The molecule has 1 aromatic carbocycles. The first-order chi connectivity index (χ1) is 11.0. The van der Waals surface area contributed by atoms with Crippen molar-refractivity contribution in [3.05, 3.63) is 36.2 Å². The van der Waals surface area contributed by atoms with Gasteiger partial charge >= 0.3 is 0 Å². The van der Waals surface area contributed by atoms with E-state index in [1.54, 1.807) is 0 Å². The zero-order valence-electron chi connectivity index (χ0n) is 19.4. The van der Waals surface area contributed by atoms with Gasteiger partial charge in [0.15, 0.2) is 0 Å². The van der Waals surface area contributed by atoms with E-state index in [4.69, 9.17) is 0 Å². The van der Waals surface area contributed by atoms with E-state index >= 15 is 0 Å². The fraction of sp³-hybridized carbons (Fsp3) is 0.682. The molecule has 0 aliphatic heterocycles. The maximum absolute atomic E-state index is 2.26. The molecular weight excluding hydrogens is 385 g/mol. The molecule has 145 valence electrons. The van der Waals surface area contributed by atoms with Gasteiger partial charge in [-0.05, 0) is 12.1 Å². The molecule has 1 radical (unpaired) electrons. The summed E-state index contributed by atoms with van der Waals surface area (Å²) < 4.78 is 0.237. The molecular formula is C22H47SY-. The number of hydrogen-bond acceptors (Lipinski definition) is 1. The van der Waals surface area contributed by atoms with E-state index in [2.05, 4.69) is 58.0 Å². The van der Waals surface area contributed by atoms with E-state index in [0.29, 0.717) is 0 Å². The number of hydrogen-bond donors (Lipinski definition) is 0. The van der Waals surface area contributed by atoms with Crippen LogP contribution in [0.4, 0.5) is 0 Å². The van der Waals surface area contributed by atoms with Crippen LogP contribution in [0.5, 0.6) is 0 Å². The fourth-order valence-corrected chi connectivity index (χ4v) is 1.97. The Kier molecular flexibility index (Phi) is 57.7. The molecule has 0 spiro atoms. The average molecular weight is 433 g/mol. The maximum Gasteiger partial charge on any atom is 0.00510 e. The van der Waals surface area contributed by atoms with Crippen LogP contribution in [0.2, 0.25) is 0 Å². The largest absolute Gasteiger partial charge is 0.304 e. The Balaban J connectivity index is -0.0000000634. The van der Waals surface area contributed by atoms with Crippen molar-refractivity contribution in [1.29, 1.82) is 0 Å². The topological polar surface area (TPSA) is 0 Å². The zero-order valence-corrected chi connectivity index (χ0v) is 23.0. The molecule has 2 heteroatoms. The van der Waals surface area contributed by atoms with Gasteiger partial charge in [-0.15, -0.1) is 4.75 Å². The SMILES string of the molecule is CC.CC.CC.CC.CC.C[C-](C)C(C)(C)Sc1ccccc1.[Y]. The van der Waals surface area contributed by atoms with E-state index in [1.807, 2.05) is 81.0 Å². The van der Waals surface area contributed by atoms with Gasteiger partial charge in [-0.3, -0.25) is 0 Å². The van der Waals surface area contributed by atoms with Crippen LogP contribution in [0.25, 0.3) is 0 Å². The molecule has 0 aromatic heterocycles. The molecule has 0 saturated heterocycles. The molecule has 24 heavy (non-hydrogen) atoms. The van der Waals surface area contributed by atoms with Gasteiger partial charge in [-0.2, -0.15) is 25.6 Å². The maximum atomic E-state index is 2.26. The van der Waals surface area contributed by atoms with Gasteiger partial charge in [0, 0.05) is 37.6 Å². The van der Waals surface area contributed by atoms with Gasteiger partial charge in [-0.1, -0.05) is 101 Å². The van der Waals surface area contributed by atoms with E-state index in [-0.39, 0.29) is 37.5 Å². The van der Waals surface area contributed by atoms with Crippen LogP contribution >= 0.6 is 11.8 Å². The molecule has 1 aromatic rings. The summed E-state index contributed by atoms with van der Waals surface area (Å²) in [5.74, 6) is 1.46. The van der Waals surface area contributed by atoms with Crippen molar-refractivity contribution >= 4 is 11.8 Å². The van der Waals surface area contributed by atoms with Crippen molar-refractivity contribution in [2.75, 3.05) is 0 Å². The summed E-state index contributed by atoms with van der Waals surface area (Å²) in [7, 11) is 0. The third kappa shape index (κ3) is 27.5. The summed E-state index contributed by atoms with van der Waals surface area (Å²) in [5, 5.41) is 0. The molecule has 0 atom stereocenters. The summed E-state index contributed by atoms with van der Waals surface area (Å²) in [6.45, 7) is 28.9. The molecule has 0 aliphatic carbocycles. The second kappa shape index (κ2) is 34.9. The minimum absolute atomic E-state index is 0. The summed E-state index contributed by atoms with van der Waals surface area (Å²) in [6.07, 6.45) is 0. The van der Waals surface area contributed by atoms with Crippen molar-refractivity contribution in [3.63, 3.8) is 0 Å². The number of thioether (sulfide) groups is 1. The van der Waals surface area contributed by atoms with E-state index in [9.17, 15) is 0 Å². The standard InChI is InChI=1S/C12H17S.5C2H6.Y/c1-10(2)12(3,4)13-11-8-6-5-7-9-11;5*1-2;/h5-9H,1-4H3;5*1-2H3;/q-1;;;;;;. The van der Waals surface area contributed by atoms with E-state index in [0.717, 1.165) is 0 Å². The second-order valence-corrected chi connectivity index (χ2v) is 5.62.